The number of carbonyl (C=O) groups excluding carboxylic acids is 2. The van der Waals surface area contributed by atoms with Crippen LogP contribution in [0.25, 0.3) is 0 Å². The number of pyridine rings is 1. The number of nitrogens with one attached hydrogen (secondary N) is 1. The maximum Gasteiger partial charge on any atom is 0.416 e. The number of amides is 2. The maximum absolute atomic E-state index is 14.8. The summed E-state index contributed by atoms with van der Waals surface area (Å²) >= 11 is 0. The second-order valence-corrected chi connectivity index (χ2v) is 10.9. The lowest BCUT2D eigenvalue weighted by molar-refractivity contribution is -0.138. The van der Waals surface area contributed by atoms with Crippen molar-refractivity contribution >= 4 is 11.8 Å². The summed E-state index contributed by atoms with van der Waals surface area (Å²) in [5.41, 5.74) is -0.245. The van der Waals surface area contributed by atoms with Gasteiger partial charge in [0.1, 0.15) is 11.9 Å². The number of likely N-dealkylation sites (tertiary alicyclic amines) is 1. The van der Waals surface area contributed by atoms with Gasteiger partial charge in [0, 0.05) is 40.4 Å². The van der Waals surface area contributed by atoms with Gasteiger partial charge in [0.15, 0.2) is 0 Å². The van der Waals surface area contributed by atoms with Gasteiger partial charge in [0.05, 0.1) is 24.8 Å². The topological polar surface area (TPSA) is 71.5 Å². The molecule has 3 atom stereocenters. The van der Waals surface area contributed by atoms with E-state index in [0.717, 1.165) is 17.8 Å². The van der Waals surface area contributed by atoms with Crippen molar-refractivity contribution in [3.63, 3.8) is 0 Å². The summed E-state index contributed by atoms with van der Waals surface area (Å²) in [6, 6.07) is 3.77. The van der Waals surface area contributed by atoms with Crippen molar-refractivity contribution in [1.29, 1.82) is 0 Å². The first-order valence-corrected chi connectivity index (χ1v) is 12.3. The molecule has 2 aliphatic rings. The molecule has 0 saturated carbocycles. The Morgan fingerprint density at radius 2 is 1.81 bits per heavy atom. The number of rotatable bonds is 5. The Bertz CT molecular complexity index is 1170. The van der Waals surface area contributed by atoms with Crippen LogP contribution in [0.1, 0.15) is 73.8 Å². The Balaban J connectivity index is 1.58. The molecule has 1 aromatic carbocycles. The van der Waals surface area contributed by atoms with Crippen LogP contribution in [0.15, 0.2) is 36.5 Å². The number of carbonyl (C=O) groups is 2. The summed E-state index contributed by atoms with van der Waals surface area (Å²) in [4.78, 5) is 32.9. The summed E-state index contributed by atoms with van der Waals surface area (Å²) in [6.07, 6.45) is -2.09. The highest BCUT2D eigenvalue weighted by molar-refractivity contribution is 5.98. The molecule has 1 aromatic heterocycles. The minimum Gasteiger partial charge on any atom is -0.381 e. The summed E-state index contributed by atoms with van der Waals surface area (Å²) in [5.74, 6) is -2.12. The third-order valence-corrected chi connectivity index (χ3v) is 7.08. The van der Waals surface area contributed by atoms with Crippen LogP contribution in [0.4, 0.5) is 17.6 Å². The van der Waals surface area contributed by atoms with E-state index in [4.69, 9.17) is 4.74 Å². The van der Waals surface area contributed by atoms with Crippen molar-refractivity contribution in [2.45, 2.75) is 70.3 Å². The van der Waals surface area contributed by atoms with Crippen LogP contribution in [-0.2, 0) is 21.1 Å². The van der Waals surface area contributed by atoms with E-state index in [1.165, 1.54) is 4.90 Å². The Kier molecular flexibility index (Phi) is 7.34. The molecule has 37 heavy (non-hydrogen) atoms. The normalized spacial score (nSPS) is 21.5. The third kappa shape index (κ3) is 5.63. The SMILES string of the molecule is C[C@@H]1CC[C@H](C(=O)N[C@@H](c2ccc(C(F)(F)F)cc2F)C2COC2)N1C(=O)c1ccnc(C(C)(C)C)c1. The van der Waals surface area contributed by atoms with E-state index in [-0.39, 0.29) is 42.1 Å². The number of benzene rings is 1. The van der Waals surface area contributed by atoms with Gasteiger partial charge in [-0.15, -0.1) is 0 Å². The van der Waals surface area contributed by atoms with E-state index < -0.39 is 35.5 Å². The Labute approximate surface area is 213 Å². The lowest BCUT2D eigenvalue weighted by Crippen LogP contribution is -2.51. The Morgan fingerprint density at radius 1 is 1.11 bits per heavy atom. The van der Waals surface area contributed by atoms with Gasteiger partial charge in [-0.2, -0.15) is 13.2 Å². The van der Waals surface area contributed by atoms with Crippen molar-refractivity contribution in [2.75, 3.05) is 13.2 Å². The molecule has 0 radical (unpaired) electrons. The number of halogens is 4. The lowest BCUT2D eigenvalue weighted by atomic mass is 9.90. The van der Waals surface area contributed by atoms with Crippen molar-refractivity contribution < 1.29 is 31.9 Å². The largest absolute Gasteiger partial charge is 0.416 e. The second-order valence-electron chi connectivity index (χ2n) is 10.9. The summed E-state index contributed by atoms with van der Waals surface area (Å²) in [7, 11) is 0. The van der Waals surface area contributed by atoms with E-state index in [1.54, 1.807) is 18.3 Å². The zero-order valence-electron chi connectivity index (χ0n) is 21.2. The molecule has 0 unspecified atom stereocenters. The highest BCUT2D eigenvalue weighted by Gasteiger charge is 2.42. The molecule has 2 aliphatic heterocycles. The van der Waals surface area contributed by atoms with E-state index in [9.17, 15) is 27.2 Å². The smallest absolute Gasteiger partial charge is 0.381 e. The predicted molar refractivity (Wildman–Crippen MR) is 128 cm³/mol. The molecule has 1 N–H and O–H groups in total. The van der Waals surface area contributed by atoms with Crippen LogP contribution in [-0.4, -0.2) is 47.0 Å². The molecule has 2 fully saturated rings. The average molecular weight is 522 g/mol. The molecule has 3 heterocycles. The quantitative estimate of drug-likeness (QED) is 0.560. The molecule has 6 nitrogen and oxygen atoms in total. The highest BCUT2D eigenvalue weighted by Crippen LogP contribution is 2.35. The molecule has 4 rings (SSSR count). The standard InChI is InChI=1S/C27H31F4N3O3/c1-15-5-8-21(34(15)25(36)16-9-10-32-22(11-16)26(2,3)4)24(35)33-23(17-13-37-14-17)19-7-6-18(12-20(19)28)27(29,30)31/h6-7,9-12,15,17,21,23H,5,8,13-14H2,1-4H3,(H,33,35)/t15-,21-,23-/m1/s1. The van der Waals surface area contributed by atoms with Crippen LogP contribution in [0, 0.1) is 11.7 Å². The molecule has 0 bridgehead atoms. The van der Waals surface area contributed by atoms with E-state index in [2.05, 4.69) is 10.3 Å². The van der Waals surface area contributed by atoms with Crippen LogP contribution in [0.2, 0.25) is 0 Å². The van der Waals surface area contributed by atoms with Crippen molar-refractivity contribution in [2.24, 2.45) is 5.92 Å². The first-order chi connectivity index (χ1) is 17.3. The van der Waals surface area contributed by atoms with Crippen molar-refractivity contribution in [3.8, 4) is 0 Å². The van der Waals surface area contributed by atoms with E-state index in [1.807, 2.05) is 27.7 Å². The number of aromatic nitrogens is 1. The minimum atomic E-state index is -4.68. The first kappa shape index (κ1) is 27.0. The number of alkyl halides is 3. The maximum atomic E-state index is 14.8. The highest BCUT2D eigenvalue weighted by atomic mass is 19.4. The zero-order valence-corrected chi connectivity index (χ0v) is 21.2. The molecular weight excluding hydrogens is 490 g/mol. The van der Waals surface area contributed by atoms with Gasteiger partial charge in [-0.05, 0) is 44.0 Å². The fraction of sp³-hybridized carbons (Fsp3) is 0.519. The minimum absolute atomic E-state index is 0.0393. The summed E-state index contributed by atoms with van der Waals surface area (Å²) in [5, 5.41) is 2.82. The van der Waals surface area contributed by atoms with Crippen LogP contribution in [0.5, 0.6) is 0 Å². The van der Waals surface area contributed by atoms with E-state index in [0.29, 0.717) is 24.5 Å². The Hall–Kier alpha value is -3.01. The van der Waals surface area contributed by atoms with Gasteiger partial charge in [0.2, 0.25) is 5.91 Å². The third-order valence-electron chi connectivity index (χ3n) is 7.08. The van der Waals surface area contributed by atoms with Crippen LogP contribution >= 0.6 is 0 Å². The number of ether oxygens (including phenoxy) is 1. The van der Waals surface area contributed by atoms with Gasteiger partial charge in [-0.3, -0.25) is 14.6 Å². The predicted octanol–water partition coefficient (Wildman–Crippen LogP) is 5.03. The van der Waals surface area contributed by atoms with Gasteiger partial charge in [0.25, 0.3) is 5.91 Å². The van der Waals surface area contributed by atoms with Crippen molar-refractivity contribution in [1.82, 2.24) is 15.2 Å². The van der Waals surface area contributed by atoms with Crippen LogP contribution < -0.4 is 5.32 Å². The molecule has 200 valence electrons. The summed E-state index contributed by atoms with van der Waals surface area (Å²) < 4.78 is 59.2. The molecule has 2 amide bonds. The number of hydrogen-bond acceptors (Lipinski definition) is 4. The Morgan fingerprint density at radius 3 is 2.38 bits per heavy atom. The van der Waals surface area contributed by atoms with Gasteiger partial charge >= 0.3 is 6.18 Å². The van der Waals surface area contributed by atoms with Gasteiger partial charge < -0.3 is 15.0 Å². The molecule has 0 spiro atoms. The van der Waals surface area contributed by atoms with Crippen molar-refractivity contribution in [3.05, 3.63) is 64.7 Å². The monoisotopic (exact) mass is 521 g/mol. The summed E-state index contributed by atoms with van der Waals surface area (Å²) in [6.45, 7) is 8.31. The fourth-order valence-corrected chi connectivity index (χ4v) is 4.81. The lowest BCUT2D eigenvalue weighted by Gasteiger charge is -2.36. The number of nitrogens with zero attached hydrogens (tertiary/aromatic N) is 2. The molecule has 0 aliphatic carbocycles. The van der Waals surface area contributed by atoms with Gasteiger partial charge in [-0.25, -0.2) is 4.39 Å². The van der Waals surface area contributed by atoms with Crippen LogP contribution in [0.3, 0.4) is 0 Å². The zero-order chi connectivity index (χ0) is 27.1. The molecule has 10 heteroatoms. The molecular formula is C27H31F4N3O3. The average Bonchev–Trinajstić information content (AvgIpc) is 3.17. The number of hydrogen-bond donors (Lipinski definition) is 1. The molecule has 2 saturated heterocycles. The van der Waals surface area contributed by atoms with Gasteiger partial charge in [-0.1, -0.05) is 26.8 Å². The first-order valence-electron chi connectivity index (χ1n) is 12.3. The fourth-order valence-electron chi connectivity index (χ4n) is 4.81. The van der Waals surface area contributed by atoms with E-state index >= 15 is 0 Å². The molecule has 2 aromatic rings. The second kappa shape index (κ2) is 10.0.